The van der Waals surface area contributed by atoms with Crippen molar-refractivity contribution >= 4 is 11.6 Å². The summed E-state index contributed by atoms with van der Waals surface area (Å²) in [5.41, 5.74) is 0. The van der Waals surface area contributed by atoms with E-state index in [-0.39, 0.29) is 6.61 Å². The smallest absolute Gasteiger partial charge is 0.138 e. The molecule has 1 aromatic carbocycles. The van der Waals surface area contributed by atoms with Gasteiger partial charge in [0.25, 0.3) is 0 Å². The van der Waals surface area contributed by atoms with Gasteiger partial charge in [-0.3, -0.25) is 0 Å². The fraction of sp³-hybridized carbons (Fsp3) is 0.400. The van der Waals surface area contributed by atoms with E-state index in [2.05, 4.69) is 10.3 Å². The SMILES string of the molecule is Cn1ccnc1CCNCC(O)COc1ccccc1Cl. The highest BCUT2D eigenvalue weighted by Gasteiger charge is 2.07. The average molecular weight is 310 g/mol. The van der Waals surface area contributed by atoms with E-state index < -0.39 is 6.10 Å². The number of halogens is 1. The highest BCUT2D eigenvalue weighted by Crippen LogP contribution is 2.22. The molecule has 0 spiro atoms. The van der Waals surface area contributed by atoms with Crippen LogP contribution in [0.3, 0.4) is 0 Å². The van der Waals surface area contributed by atoms with Crippen molar-refractivity contribution in [1.29, 1.82) is 0 Å². The van der Waals surface area contributed by atoms with Crippen molar-refractivity contribution in [3.63, 3.8) is 0 Å². The first-order valence-corrected chi connectivity index (χ1v) is 7.27. The van der Waals surface area contributed by atoms with Crippen molar-refractivity contribution in [2.45, 2.75) is 12.5 Å². The van der Waals surface area contributed by atoms with Gasteiger partial charge in [0.05, 0.1) is 5.02 Å². The van der Waals surface area contributed by atoms with Gasteiger partial charge in [0, 0.05) is 39.0 Å². The van der Waals surface area contributed by atoms with Crippen molar-refractivity contribution in [3.05, 3.63) is 47.5 Å². The van der Waals surface area contributed by atoms with Gasteiger partial charge in [-0.15, -0.1) is 0 Å². The van der Waals surface area contributed by atoms with Gasteiger partial charge in [-0.25, -0.2) is 4.98 Å². The van der Waals surface area contributed by atoms with Crippen LogP contribution in [-0.2, 0) is 13.5 Å². The first kappa shape index (κ1) is 15.8. The Morgan fingerprint density at radius 1 is 1.43 bits per heavy atom. The number of rotatable bonds is 8. The molecule has 2 aromatic rings. The van der Waals surface area contributed by atoms with E-state index in [1.54, 1.807) is 18.3 Å². The number of aliphatic hydroxyl groups is 1. The second kappa shape index (κ2) is 8.02. The van der Waals surface area contributed by atoms with Crippen LogP contribution in [0.15, 0.2) is 36.7 Å². The molecule has 0 amide bonds. The van der Waals surface area contributed by atoms with Crippen molar-refractivity contribution in [2.24, 2.45) is 7.05 Å². The molecule has 5 nitrogen and oxygen atoms in total. The molecule has 0 aliphatic rings. The number of nitrogens with zero attached hydrogens (tertiary/aromatic N) is 2. The van der Waals surface area contributed by atoms with Gasteiger partial charge >= 0.3 is 0 Å². The Morgan fingerprint density at radius 3 is 2.95 bits per heavy atom. The van der Waals surface area contributed by atoms with Crippen LogP contribution in [0, 0.1) is 0 Å². The number of hydrogen-bond donors (Lipinski definition) is 2. The molecule has 1 heterocycles. The number of aromatic nitrogens is 2. The number of nitrogens with one attached hydrogen (secondary N) is 1. The van der Waals surface area contributed by atoms with Crippen LogP contribution in [0.5, 0.6) is 5.75 Å². The van der Waals surface area contributed by atoms with Crippen LogP contribution < -0.4 is 10.1 Å². The molecule has 0 saturated carbocycles. The summed E-state index contributed by atoms with van der Waals surface area (Å²) in [5.74, 6) is 1.61. The zero-order valence-corrected chi connectivity index (χ0v) is 12.8. The first-order valence-electron chi connectivity index (χ1n) is 6.89. The second-order valence-corrected chi connectivity index (χ2v) is 5.21. The minimum atomic E-state index is -0.581. The third kappa shape index (κ3) is 5.04. The summed E-state index contributed by atoms with van der Waals surface area (Å²) in [7, 11) is 1.97. The Bertz CT molecular complexity index is 559. The molecule has 114 valence electrons. The van der Waals surface area contributed by atoms with E-state index in [1.807, 2.05) is 29.9 Å². The third-order valence-electron chi connectivity index (χ3n) is 3.09. The lowest BCUT2D eigenvalue weighted by atomic mass is 10.3. The normalized spacial score (nSPS) is 12.3. The summed E-state index contributed by atoms with van der Waals surface area (Å²) in [6, 6.07) is 7.22. The first-order chi connectivity index (χ1) is 10.2. The molecule has 2 N–H and O–H groups in total. The maximum absolute atomic E-state index is 9.86. The molecule has 0 aliphatic carbocycles. The molecule has 0 bridgehead atoms. The molecule has 0 saturated heterocycles. The molecular weight excluding hydrogens is 290 g/mol. The van der Waals surface area contributed by atoms with Crippen molar-refractivity contribution in [3.8, 4) is 5.75 Å². The number of aliphatic hydroxyl groups excluding tert-OH is 1. The van der Waals surface area contributed by atoms with E-state index in [4.69, 9.17) is 16.3 Å². The number of para-hydroxylation sites is 1. The van der Waals surface area contributed by atoms with Gasteiger partial charge in [-0.2, -0.15) is 0 Å². The van der Waals surface area contributed by atoms with Crippen LogP contribution in [0.2, 0.25) is 5.02 Å². The van der Waals surface area contributed by atoms with E-state index in [9.17, 15) is 5.11 Å². The Kier molecular flexibility index (Phi) is 6.04. The lowest BCUT2D eigenvalue weighted by molar-refractivity contribution is 0.106. The summed E-state index contributed by atoms with van der Waals surface area (Å²) in [6.07, 6.45) is 3.94. The molecule has 6 heteroatoms. The average Bonchev–Trinajstić information content (AvgIpc) is 2.88. The van der Waals surface area contributed by atoms with Gasteiger partial charge < -0.3 is 19.7 Å². The summed E-state index contributed by atoms with van der Waals surface area (Å²) >= 11 is 5.97. The Morgan fingerprint density at radius 2 is 2.24 bits per heavy atom. The minimum absolute atomic E-state index is 0.207. The Balaban J connectivity index is 1.63. The maximum Gasteiger partial charge on any atom is 0.138 e. The fourth-order valence-corrected chi connectivity index (χ4v) is 2.10. The molecule has 0 fully saturated rings. The molecule has 1 unspecified atom stereocenters. The van der Waals surface area contributed by atoms with E-state index in [0.29, 0.717) is 17.3 Å². The highest BCUT2D eigenvalue weighted by molar-refractivity contribution is 6.32. The number of aryl methyl sites for hydroxylation is 1. The number of hydrogen-bond acceptors (Lipinski definition) is 4. The summed E-state index contributed by atoms with van der Waals surface area (Å²) in [4.78, 5) is 4.24. The predicted molar refractivity (Wildman–Crippen MR) is 82.7 cm³/mol. The Hall–Kier alpha value is -1.56. The van der Waals surface area contributed by atoms with Gasteiger partial charge in [0.1, 0.15) is 24.3 Å². The topological polar surface area (TPSA) is 59.3 Å². The van der Waals surface area contributed by atoms with Crippen LogP contribution in [-0.4, -0.2) is 40.5 Å². The maximum atomic E-state index is 9.86. The molecular formula is C15H20ClN3O2. The Labute approximate surface area is 129 Å². The van der Waals surface area contributed by atoms with Crippen LogP contribution >= 0.6 is 11.6 Å². The van der Waals surface area contributed by atoms with Crippen molar-refractivity contribution < 1.29 is 9.84 Å². The zero-order valence-electron chi connectivity index (χ0n) is 12.0. The molecule has 1 atom stereocenters. The van der Waals surface area contributed by atoms with Crippen molar-refractivity contribution in [2.75, 3.05) is 19.7 Å². The fourth-order valence-electron chi connectivity index (χ4n) is 1.91. The monoisotopic (exact) mass is 309 g/mol. The largest absolute Gasteiger partial charge is 0.489 e. The van der Waals surface area contributed by atoms with Gasteiger partial charge in [-0.05, 0) is 12.1 Å². The van der Waals surface area contributed by atoms with Gasteiger partial charge in [-0.1, -0.05) is 23.7 Å². The number of ether oxygens (including phenoxy) is 1. The number of imidazole rings is 1. The quantitative estimate of drug-likeness (QED) is 0.728. The van der Waals surface area contributed by atoms with E-state index >= 15 is 0 Å². The lowest BCUT2D eigenvalue weighted by Gasteiger charge is -2.14. The van der Waals surface area contributed by atoms with Crippen LogP contribution in [0.25, 0.3) is 0 Å². The van der Waals surface area contributed by atoms with Gasteiger partial charge in [0.2, 0.25) is 0 Å². The number of benzene rings is 1. The standard InChI is InChI=1S/C15H20ClN3O2/c1-19-9-8-18-15(19)6-7-17-10-12(20)11-21-14-5-3-2-4-13(14)16/h2-5,8-9,12,17,20H,6-7,10-11H2,1H3. The molecule has 21 heavy (non-hydrogen) atoms. The third-order valence-corrected chi connectivity index (χ3v) is 3.41. The van der Waals surface area contributed by atoms with Crippen LogP contribution in [0.1, 0.15) is 5.82 Å². The minimum Gasteiger partial charge on any atom is -0.489 e. The molecule has 1 aromatic heterocycles. The van der Waals surface area contributed by atoms with Crippen molar-refractivity contribution in [1.82, 2.24) is 14.9 Å². The van der Waals surface area contributed by atoms with Crippen LogP contribution in [0.4, 0.5) is 0 Å². The van der Waals surface area contributed by atoms with E-state index in [0.717, 1.165) is 18.8 Å². The summed E-state index contributed by atoms with van der Waals surface area (Å²) in [6.45, 7) is 1.43. The summed E-state index contributed by atoms with van der Waals surface area (Å²) < 4.78 is 7.47. The summed E-state index contributed by atoms with van der Waals surface area (Å²) in [5, 5.41) is 13.6. The molecule has 2 rings (SSSR count). The van der Waals surface area contributed by atoms with Gasteiger partial charge in [0.15, 0.2) is 0 Å². The molecule has 0 aliphatic heterocycles. The second-order valence-electron chi connectivity index (χ2n) is 4.80. The van der Waals surface area contributed by atoms with E-state index in [1.165, 1.54) is 0 Å². The highest BCUT2D eigenvalue weighted by atomic mass is 35.5. The lowest BCUT2D eigenvalue weighted by Crippen LogP contribution is -2.32. The molecule has 0 radical (unpaired) electrons. The zero-order chi connectivity index (χ0) is 15.1. The predicted octanol–water partition coefficient (Wildman–Crippen LogP) is 1.65.